The molecule has 0 atom stereocenters. The number of carbonyl (C=O) groups excluding carboxylic acids is 2. The largest absolute Gasteiger partial charge is 0.454 e. The van der Waals surface area contributed by atoms with Crippen LogP contribution in [0, 0.1) is 6.92 Å². The normalized spacial score (nSPS) is 16.5. The number of ether oxygens (including phenoxy) is 1. The molecule has 12 heteroatoms. The number of fused-ring (bicyclic) bond motifs is 2. The summed E-state index contributed by atoms with van der Waals surface area (Å²) in [5.41, 5.74) is 12.9. The highest BCUT2D eigenvalue weighted by Gasteiger charge is 2.33. The first-order valence-corrected chi connectivity index (χ1v) is 14.1. The second kappa shape index (κ2) is 10.3. The number of sulfone groups is 1. The van der Waals surface area contributed by atoms with Crippen molar-refractivity contribution in [3.63, 3.8) is 0 Å². The van der Waals surface area contributed by atoms with E-state index < -0.39 is 27.5 Å². The van der Waals surface area contributed by atoms with Crippen molar-refractivity contribution in [1.82, 2.24) is 4.90 Å². The Bertz CT molecular complexity index is 1620. The van der Waals surface area contributed by atoms with Crippen molar-refractivity contribution in [2.24, 2.45) is 16.5 Å². The maximum absolute atomic E-state index is 13.5. The lowest BCUT2D eigenvalue weighted by Gasteiger charge is -2.34. The standard InChI is InChI=1S/C27H26ClN5O5S/c1-16-9-18(26(35)31-27(29)30)11-22-24(16)38-25-19(15-39(22,36)37)10-20(12-21(25)28)33-8-7-32(14-23(33)34)13-17-5-3-2-4-6-17/h2-6,9-12H,7-8,13-15H2,1H3,(H4,29,30,31,35). The summed E-state index contributed by atoms with van der Waals surface area (Å²) >= 11 is 6.61. The molecule has 0 bridgehead atoms. The second-order valence-corrected chi connectivity index (χ2v) is 11.8. The molecular weight excluding hydrogens is 542 g/mol. The Morgan fingerprint density at radius 1 is 1.08 bits per heavy atom. The Morgan fingerprint density at radius 2 is 1.82 bits per heavy atom. The number of halogens is 1. The van der Waals surface area contributed by atoms with Gasteiger partial charge in [-0.2, -0.15) is 4.99 Å². The summed E-state index contributed by atoms with van der Waals surface area (Å²) in [6.07, 6.45) is 0. The number of amides is 2. The lowest BCUT2D eigenvalue weighted by atomic mass is 10.1. The lowest BCUT2D eigenvalue weighted by Crippen LogP contribution is -2.50. The van der Waals surface area contributed by atoms with Crippen molar-refractivity contribution in [2.45, 2.75) is 24.1 Å². The highest BCUT2D eigenvalue weighted by Crippen LogP contribution is 2.45. The third kappa shape index (κ3) is 5.47. The summed E-state index contributed by atoms with van der Waals surface area (Å²) in [4.78, 5) is 32.5. The number of hydrogen-bond acceptors (Lipinski definition) is 6. The molecule has 1 saturated heterocycles. The molecule has 0 aromatic heterocycles. The fraction of sp³-hybridized carbons (Fsp3) is 0.222. The number of anilines is 1. The quantitative estimate of drug-likeness (QED) is 0.361. The smallest absolute Gasteiger partial charge is 0.280 e. The Balaban J connectivity index is 1.44. The highest BCUT2D eigenvalue weighted by atomic mass is 35.5. The molecule has 202 valence electrons. The summed E-state index contributed by atoms with van der Waals surface area (Å²) in [6.45, 7) is 3.55. The molecule has 39 heavy (non-hydrogen) atoms. The molecule has 0 aliphatic carbocycles. The van der Waals surface area contributed by atoms with Crippen molar-refractivity contribution in [1.29, 1.82) is 0 Å². The van der Waals surface area contributed by atoms with Crippen LogP contribution in [0.1, 0.15) is 27.0 Å². The van der Waals surface area contributed by atoms with E-state index in [-0.39, 0.29) is 39.4 Å². The van der Waals surface area contributed by atoms with Gasteiger partial charge in [-0.15, -0.1) is 0 Å². The van der Waals surface area contributed by atoms with Gasteiger partial charge in [0.15, 0.2) is 15.8 Å². The van der Waals surface area contributed by atoms with E-state index in [0.717, 1.165) is 5.56 Å². The van der Waals surface area contributed by atoms with Crippen LogP contribution in [-0.4, -0.2) is 50.7 Å². The summed E-state index contributed by atoms with van der Waals surface area (Å²) in [7, 11) is -3.98. The third-order valence-electron chi connectivity index (χ3n) is 6.57. The zero-order valence-electron chi connectivity index (χ0n) is 21.1. The van der Waals surface area contributed by atoms with Gasteiger partial charge < -0.3 is 21.1 Å². The first kappa shape index (κ1) is 26.7. The van der Waals surface area contributed by atoms with Gasteiger partial charge in [0.1, 0.15) is 16.4 Å². The van der Waals surface area contributed by atoms with Gasteiger partial charge in [-0.3, -0.25) is 14.5 Å². The van der Waals surface area contributed by atoms with Crippen LogP contribution in [0.3, 0.4) is 0 Å². The van der Waals surface area contributed by atoms with Crippen LogP contribution in [0.2, 0.25) is 5.02 Å². The monoisotopic (exact) mass is 567 g/mol. The van der Waals surface area contributed by atoms with Crippen LogP contribution in [-0.2, 0) is 26.9 Å². The van der Waals surface area contributed by atoms with E-state index in [1.165, 1.54) is 12.1 Å². The fourth-order valence-corrected chi connectivity index (χ4v) is 6.62. The number of nitrogens with zero attached hydrogens (tertiary/aromatic N) is 3. The molecule has 4 N–H and O–H groups in total. The first-order chi connectivity index (χ1) is 18.5. The Hall–Kier alpha value is -3.93. The molecule has 3 aromatic rings. The second-order valence-electron chi connectivity index (χ2n) is 9.48. The minimum Gasteiger partial charge on any atom is -0.454 e. The number of hydrogen-bond donors (Lipinski definition) is 2. The Labute approximate surface area is 230 Å². The van der Waals surface area contributed by atoms with Crippen molar-refractivity contribution < 1.29 is 22.7 Å². The third-order valence-corrected chi connectivity index (χ3v) is 8.51. The summed E-state index contributed by atoms with van der Waals surface area (Å²) in [6, 6.07) is 15.8. The van der Waals surface area contributed by atoms with E-state index in [1.54, 1.807) is 24.0 Å². The van der Waals surface area contributed by atoms with Gasteiger partial charge in [0.2, 0.25) is 5.91 Å². The summed E-state index contributed by atoms with van der Waals surface area (Å²) in [5, 5.41) is 0.171. The van der Waals surface area contributed by atoms with Crippen molar-refractivity contribution in [3.05, 3.63) is 81.9 Å². The number of guanidine groups is 1. The van der Waals surface area contributed by atoms with E-state index in [0.29, 0.717) is 36.4 Å². The highest BCUT2D eigenvalue weighted by molar-refractivity contribution is 7.90. The van der Waals surface area contributed by atoms with E-state index >= 15 is 0 Å². The number of benzene rings is 3. The molecule has 2 aliphatic heterocycles. The van der Waals surface area contributed by atoms with Gasteiger partial charge in [0, 0.05) is 36.4 Å². The Kier molecular flexibility index (Phi) is 7.06. The van der Waals surface area contributed by atoms with Crippen molar-refractivity contribution in [2.75, 3.05) is 24.5 Å². The molecular formula is C27H26ClN5O5S. The SMILES string of the molecule is Cc1cc(C(=O)N=C(N)N)cc2c1Oc1c(Cl)cc(N3CCN(Cc4ccccc4)CC3=O)cc1CS2(=O)=O. The molecule has 1 fully saturated rings. The van der Waals surface area contributed by atoms with Gasteiger partial charge in [0.25, 0.3) is 5.91 Å². The van der Waals surface area contributed by atoms with Gasteiger partial charge in [-0.25, -0.2) is 8.42 Å². The molecule has 5 rings (SSSR count). The van der Waals surface area contributed by atoms with Gasteiger partial charge in [-0.05, 0) is 42.3 Å². The van der Waals surface area contributed by atoms with E-state index in [9.17, 15) is 18.0 Å². The van der Waals surface area contributed by atoms with Crippen LogP contribution in [0.15, 0.2) is 64.5 Å². The minimum absolute atomic E-state index is 0.00328. The number of aryl methyl sites for hydroxylation is 1. The molecule has 0 radical (unpaired) electrons. The van der Waals surface area contributed by atoms with Gasteiger partial charge in [0.05, 0.1) is 17.3 Å². The maximum Gasteiger partial charge on any atom is 0.280 e. The predicted molar refractivity (Wildman–Crippen MR) is 148 cm³/mol. The molecule has 0 unspecified atom stereocenters. The summed E-state index contributed by atoms with van der Waals surface area (Å²) in [5.74, 6) is -1.52. The molecule has 2 heterocycles. The predicted octanol–water partition coefficient (Wildman–Crippen LogP) is 2.99. The number of piperazine rings is 1. The number of nitrogens with two attached hydrogens (primary N) is 2. The van der Waals surface area contributed by atoms with Crippen molar-refractivity contribution in [3.8, 4) is 11.5 Å². The molecule has 2 aliphatic rings. The maximum atomic E-state index is 13.5. The van der Waals surface area contributed by atoms with Crippen molar-refractivity contribution >= 4 is 44.9 Å². The number of rotatable bonds is 4. The average Bonchev–Trinajstić information content (AvgIpc) is 2.98. The van der Waals surface area contributed by atoms with Crippen LogP contribution < -0.4 is 21.1 Å². The minimum atomic E-state index is -3.98. The molecule has 2 amide bonds. The van der Waals surface area contributed by atoms with Crippen LogP contribution >= 0.6 is 11.6 Å². The summed E-state index contributed by atoms with van der Waals surface area (Å²) < 4.78 is 33.0. The lowest BCUT2D eigenvalue weighted by molar-refractivity contribution is -0.121. The molecule has 0 saturated carbocycles. The van der Waals surface area contributed by atoms with E-state index in [1.807, 2.05) is 30.3 Å². The van der Waals surface area contributed by atoms with Crippen LogP contribution in [0.25, 0.3) is 0 Å². The molecule has 3 aromatic carbocycles. The first-order valence-electron chi connectivity index (χ1n) is 12.1. The zero-order chi connectivity index (χ0) is 27.9. The fourth-order valence-electron chi connectivity index (χ4n) is 4.78. The Morgan fingerprint density at radius 3 is 2.51 bits per heavy atom. The molecule has 10 nitrogen and oxygen atoms in total. The number of carbonyl (C=O) groups is 2. The van der Waals surface area contributed by atoms with Gasteiger partial charge in [-0.1, -0.05) is 41.9 Å². The topological polar surface area (TPSA) is 148 Å². The van der Waals surface area contributed by atoms with Gasteiger partial charge >= 0.3 is 0 Å². The average molecular weight is 568 g/mol. The molecule has 0 spiro atoms. The zero-order valence-corrected chi connectivity index (χ0v) is 22.6. The van der Waals surface area contributed by atoms with Crippen LogP contribution in [0.4, 0.5) is 5.69 Å². The van der Waals surface area contributed by atoms with Crippen LogP contribution in [0.5, 0.6) is 11.5 Å². The number of aliphatic imine (C=N–C) groups is 1. The van der Waals surface area contributed by atoms with E-state index in [4.69, 9.17) is 27.8 Å². The van der Waals surface area contributed by atoms with E-state index in [2.05, 4.69) is 9.89 Å².